The Hall–Kier alpha value is -1.84. The third-order valence-electron chi connectivity index (χ3n) is 2.76. The number of hydrogen-bond donors (Lipinski definition) is 1. The predicted octanol–water partition coefficient (Wildman–Crippen LogP) is 2.87. The molecule has 90 valence electrons. The maximum atomic E-state index is 14.1. The molecule has 0 aliphatic rings. The fraction of sp³-hybridized carbons (Fsp3) is 0.308. The maximum absolute atomic E-state index is 14.1. The zero-order chi connectivity index (χ0) is 12.6. The van der Waals surface area contributed by atoms with Gasteiger partial charge in [0.1, 0.15) is 11.5 Å². The van der Waals surface area contributed by atoms with Crippen LogP contribution in [0.1, 0.15) is 19.4 Å². The van der Waals surface area contributed by atoms with Gasteiger partial charge in [-0.25, -0.2) is 4.39 Å². The first-order valence-corrected chi connectivity index (χ1v) is 5.48. The third kappa shape index (κ3) is 2.16. The van der Waals surface area contributed by atoms with Crippen LogP contribution in [0.3, 0.4) is 0 Å². The molecular formula is C13H16FN3. The van der Waals surface area contributed by atoms with Gasteiger partial charge in [0.15, 0.2) is 0 Å². The Bertz CT molecular complexity index is 518. The smallest absolute Gasteiger partial charge is 0.131 e. The van der Waals surface area contributed by atoms with E-state index in [1.54, 1.807) is 23.9 Å². The van der Waals surface area contributed by atoms with Gasteiger partial charge in [-0.2, -0.15) is 5.10 Å². The molecule has 0 saturated heterocycles. The molecule has 0 fully saturated rings. The number of alkyl halides is 1. The van der Waals surface area contributed by atoms with E-state index in [2.05, 4.69) is 5.10 Å². The molecule has 0 radical (unpaired) electrons. The van der Waals surface area contributed by atoms with Crippen molar-refractivity contribution < 1.29 is 4.39 Å². The van der Waals surface area contributed by atoms with Crippen molar-refractivity contribution in [2.45, 2.75) is 19.5 Å². The molecule has 4 heteroatoms. The Labute approximate surface area is 100 Å². The first kappa shape index (κ1) is 11.6. The molecule has 2 N–H and O–H groups in total. The second-order valence-electron chi connectivity index (χ2n) is 4.60. The molecule has 0 aliphatic heterocycles. The Kier molecular flexibility index (Phi) is 2.65. The Morgan fingerprint density at radius 1 is 1.29 bits per heavy atom. The highest BCUT2D eigenvalue weighted by Crippen LogP contribution is 2.33. The van der Waals surface area contributed by atoms with Gasteiger partial charge in [0, 0.05) is 18.7 Å². The average molecular weight is 233 g/mol. The molecule has 2 aromatic rings. The van der Waals surface area contributed by atoms with E-state index in [1.165, 1.54) is 13.8 Å². The quantitative estimate of drug-likeness (QED) is 0.866. The first-order chi connectivity index (χ1) is 7.89. The van der Waals surface area contributed by atoms with Crippen LogP contribution in [0.2, 0.25) is 0 Å². The number of hydrogen-bond acceptors (Lipinski definition) is 2. The van der Waals surface area contributed by atoms with Crippen LogP contribution in [0.25, 0.3) is 11.3 Å². The number of nitrogens with two attached hydrogens (primary N) is 1. The highest BCUT2D eigenvalue weighted by molar-refractivity contribution is 5.67. The topological polar surface area (TPSA) is 43.8 Å². The molecule has 0 amide bonds. The fourth-order valence-corrected chi connectivity index (χ4v) is 1.84. The van der Waals surface area contributed by atoms with Crippen LogP contribution in [-0.4, -0.2) is 9.78 Å². The van der Waals surface area contributed by atoms with E-state index in [-0.39, 0.29) is 0 Å². The molecule has 1 aromatic carbocycles. The molecule has 2 rings (SSSR count). The first-order valence-electron chi connectivity index (χ1n) is 5.48. The van der Waals surface area contributed by atoms with E-state index in [0.29, 0.717) is 17.1 Å². The van der Waals surface area contributed by atoms with Crippen LogP contribution >= 0.6 is 0 Å². The van der Waals surface area contributed by atoms with Gasteiger partial charge in [0.2, 0.25) is 0 Å². The minimum Gasteiger partial charge on any atom is -0.384 e. The number of rotatable bonds is 2. The van der Waals surface area contributed by atoms with Gasteiger partial charge >= 0.3 is 0 Å². The van der Waals surface area contributed by atoms with E-state index < -0.39 is 5.67 Å². The molecule has 0 atom stereocenters. The highest BCUT2D eigenvalue weighted by atomic mass is 19.1. The lowest BCUT2D eigenvalue weighted by Gasteiger charge is -2.17. The van der Waals surface area contributed by atoms with Crippen molar-refractivity contribution in [2.75, 3.05) is 5.73 Å². The summed E-state index contributed by atoms with van der Waals surface area (Å²) in [5.74, 6) is 0.562. The molecule has 0 aliphatic carbocycles. The SMILES string of the molecule is Cn1nc(-c2ccccc2C(C)(C)F)cc1N. The molecule has 1 aromatic heterocycles. The minimum atomic E-state index is -1.40. The van der Waals surface area contributed by atoms with E-state index in [9.17, 15) is 4.39 Å². The molecule has 0 unspecified atom stereocenters. The zero-order valence-electron chi connectivity index (χ0n) is 10.2. The van der Waals surface area contributed by atoms with Crippen LogP contribution < -0.4 is 5.73 Å². The summed E-state index contributed by atoms with van der Waals surface area (Å²) >= 11 is 0. The summed E-state index contributed by atoms with van der Waals surface area (Å²) in [5, 5.41) is 4.28. The standard InChI is InChI=1S/C13H16FN3/c1-13(2,14)10-7-5-4-6-9(10)11-8-12(15)17(3)16-11/h4-8H,15H2,1-3H3. The number of aromatic nitrogens is 2. The molecule has 1 heterocycles. The van der Waals surface area contributed by atoms with Crippen LogP contribution in [0.4, 0.5) is 10.2 Å². The number of anilines is 1. The summed E-state index contributed by atoms with van der Waals surface area (Å²) in [4.78, 5) is 0. The van der Waals surface area contributed by atoms with Gasteiger partial charge in [-0.05, 0) is 19.4 Å². The predicted molar refractivity (Wildman–Crippen MR) is 67.2 cm³/mol. The van der Waals surface area contributed by atoms with Crippen LogP contribution in [0.15, 0.2) is 30.3 Å². The van der Waals surface area contributed by atoms with Crippen molar-refractivity contribution in [3.8, 4) is 11.3 Å². The average Bonchev–Trinajstić information content (AvgIpc) is 2.58. The number of halogens is 1. The summed E-state index contributed by atoms with van der Waals surface area (Å²) in [5.41, 5.74) is 6.45. The van der Waals surface area contributed by atoms with Crippen molar-refractivity contribution in [3.05, 3.63) is 35.9 Å². The lowest BCUT2D eigenvalue weighted by Crippen LogP contribution is -2.10. The second-order valence-corrected chi connectivity index (χ2v) is 4.60. The van der Waals surface area contributed by atoms with Crippen molar-refractivity contribution in [3.63, 3.8) is 0 Å². The largest absolute Gasteiger partial charge is 0.384 e. The summed E-state index contributed by atoms with van der Waals surface area (Å²) in [6.45, 7) is 3.08. The highest BCUT2D eigenvalue weighted by Gasteiger charge is 2.23. The summed E-state index contributed by atoms with van der Waals surface area (Å²) < 4.78 is 15.7. The van der Waals surface area contributed by atoms with Crippen LogP contribution in [0.5, 0.6) is 0 Å². The zero-order valence-corrected chi connectivity index (χ0v) is 10.2. The van der Waals surface area contributed by atoms with Crippen molar-refractivity contribution in [2.24, 2.45) is 7.05 Å². The Morgan fingerprint density at radius 2 is 1.94 bits per heavy atom. The molecule has 0 bridgehead atoms. The van der Waals surface area contributed by atoms with E-state index in [4.69, 9.17) is 5.73 Å². The van der Waals surface area contributed by atoms with Gasteiger partial charge in [0.05, 0.1) is 5.69 Å². The number of aryl methyl sites for hydroxylation is 1. The van der Waals surface area contributed by atoms with Gasteiger partial charge in [-0.3, -0.25) is 4.68 Å². The number of benzene rings is 1. The minimum absolute atomic E-state index is 0.562. The second kappa shape index (κ2) is 3.87. The molecular weight excluding hydrogens is 217 g/mol. The van der Waals surface area contributed by atoms with Crippen LogP contribution in [-0.2, 0) is 12.7 Å². The lowest BCUT2D eigenvalue weighted by atomic mass is 9.93. The van der Waals surface area contributed by atoms with Crippen molar-refractivity contribution in [1.82, 2.24) is 9.78 Å². The van der Waals surface area contributed by atoms with Crippen LogP contribution in [0, 0.1) is 0 Å². The lowest BCUT2D eigenvalue weighted by molar-refractivity contribution is 0.222. The van der Waals surface area contributed by atoms with E-state index in [1.807, 2.05) is 18.2 Å². The number of nitrogen functional groups attached to an aromatic ring is 1. The normalized spacial score (nSPS) is 11.8. The maximum Gasteiger partial charge on any atom is 0.131 e. The molecule has 3 nitrogen and oxygen atoms in total. The molecule has 0 saturated carbocycles. The Morgan fingerprint density at radius 3 is 2.47 bits per heavy atom. The van der Waals surface area contributed by atoms with Gasteiger partial charge in [-0.1, -0.05) is 24.3 Å². The number of nitrogens with zero attached hydrogens (tertiary/aromatic N) is 2. The van der Waals surface area contributed by atoms with E-state index >= 15 is 0 Å². The summed E-state index contributed by atoms with van der Waals surface area (Å²) in [6, 6.07) is 9.09. The van der Waals surface area contributed by atoms with E-state index in [0.717, 1.165) is 5.56 Å². The van der Waals surface area contributed by atoms with Gasteiger partial charge in [0.25, 0.3) is 0 Å². The summed E-state index contributed by atoms with van der Waals surface area (Å²) in [6.07, 6.45) is 0. The van der Waals surface area contributed by atoms with Crippen molar-refractivity contribution >= 4 is 5.82 Å². The molecule has 0 spiro atoms. The van der Waals surface area contributed by atoms with Gasteiger partial charge < -0.3 is 5.73 Å². The van der Waals surface area contributed by atoms with Crippen molar-refractivity contribution in [1.29, 1.82) is 0 Å². The summed E-state index contributed by atoms with van der Waals surface area (Å²) in [7, 11) is 1.77. The monoisotopic (exact) mass is 233 g/mol. The third-order valence-corrected chi connectivity index (χ3v) is 2.76. The molecule has 17 heavy (non-hydrogen) atoms. The van der Waals surface area contributed by atoms with Gasteiger partial charge in [-0.15, -0.1) is 0 Å². The Balaban J connectivity index is 2.60. The fourth-order valence-electron chi connectivity index (χ4n) is 1.84.